The van der Waals surface area contributed by atoms with Crippen molar-refractivity contribution in [3.05, 3.63) is 47.4 Å². The fraction of sp³-hybridized carbons (Fsp3) is 0.214. The number of anilines is 2. The van der Waals surface area contributed by atoms with Gasteiger partial charge in [-0.25, -0.2) is 4.98 Å². The Bertz CT molecular complexity index is 712. The molecule has 2 aliphatic rings. The molecule has 1 aliphatic carbocycles. The van der Waals surface area contributed by atoms with E-state index in [1.165, 1.54) is 0 Å². The van der Waals surface area contributed by atoms with E-state index in [2.05, 4.69) is 15.3 Å². The van der Waals surface area contributed by atoms with Crippen LogP contribution < -0.4 is 11.1 Å². The van der Waals surface area contributed by atoms with Crippen LogP contribution in [0, 0.1) is 0 Å². The molecule has 1 spiro atoms. The van der Waals surface area contributed by atoms with E-state index in [0.717, 1.165) is 16.8 Å². The summed E-state index contributed by atoms with van der Waals surface area (Å²) in [5.74, 6) is 0.686. The monoisotopic (exact) mass is 252 g/mol. The summed E-state index contributed by atoms with van der Waals surface area (Å²) >= 11 is 0. The second-order valence-corrected chi connectivity index (χ2v) is 5.16. The van der Waals surface area contributed by atoms with Crippen LogP contribution in [0.1, 0.15) is 16.8 Å². The topological polar surface area (TPSA) is 80.9 Å². The zero-order valence-electron chi connectivity index (χ0n) is 10.2. The predicted octanol–water partition coefficient (Wildman–Crippen LogP) is 1.05. The van der Waals surface area contributed by atoms with Crippen LogP contribution in [0.25, 0.3) is 0 Å². The zero-order chi connectivity index (χ0) is 13.0. The summed E-state index contributed by atoms with van der Waals surface area (Å²) in [6.45, 7) is 0. The third-order valence-corrected chi connectivity index (χ3v) is 4.03. The number of nitrogen functional groups attached to an aromatic ring is 1. The van der Waals surface area contributed by atoms with Crippen molar-refractivity contribution >= 4 is 17.4 Å². The highest BCUT2D eigenvalue weighted by Crippen LogP contribution is 2.46. The molecule has 4 rings (SSSR count). The van der Waals surface area contributed by atoms with Crippen molar-refractivity contribution in [1.29, 1.82) is 0 Å². The molecule has 2 aromatic rings. The number of carbonyl (C=O) groups is 1. The lowest BCUT2D eigenvalue weighted by Crippen LogP contribution is -2.35. The van der Waals surface area contributed by atoms with Crippen molar-refractivity contribution in [1.82, 2.24) is 9.97 Å². The van der Waals surface area contributed by atoms with Crippen LogP contribution in [0.15, 0.2) is 30.6 Å². The van der Waals surface area contributed by atoms with Crippen LogP contribution in [0.3, 0.4) is 0 Å². The Morgan fingerprint density at radius 1 is 1.32 bits per heavy atom. The molecular weight excluding hydrogens is 240 g/mol. The molecule has 0 saturated carbocycles. The molecule has 0 saturated heterocycles. The number of fused-ring (bicyclic) bond motifs is 3. The Balaban J connectivity index is 1.88. The third-order valence-electron chi connectivity index (χ3n) is 4.03. The molecular formula is C14H12N4O. The molecule has 2 aromatic heterocycles. The molecule has 0 aromatic carbocycles. The van der Waals surface area contributed by atoms with Gasteiger partial charge in [-0.2, -0.15) is 0 Å². The number of hydrogen-bond donors (Lipinski definition) is 2. The summed E-state index contributed by atoms with van der Waals surface area (Å²) in [5, 5.41) is 2.87. The smallest absolute Gasteiger partial charge is 0.237 e. The van der Waals surface area contributed by atoms with Crippen LogP contribution in [0.5, 0.6) is 0 Å². The van der Waals surface area contributed by atoms with Crippen LogP contribution >= 0.6 is 0 Å². The van der Waals surface area contributed by atoms with Crippen LogP contribution in [0.4, 0.5) is 11.5 Å². The molecule has 5 nitrogen and oxygen atoms in total. The van der Waals surface area contributed by atoms with Gasteiger partial charge >= 0.3 is 0 Å². The summed E-state index contributed by atoms with van der Waals surface area (Å²) < 4.78 is 0. The molecule has 0 fully saturated rings. The number of carbonyl (C=O) groups excluding carboxylic acids is 1. The highest BCUT2D eigenvalue weighted by Gasteiger charge is 2.51. The van der Waals surface area contributed by atoms with Gasteiger partial charge in [0.1, 0.15) is 5.82 Å². The van der Waals surface area contributed by atoms with Gasteiger partial charge in [-0.15, -0.1) is 0 Å². The van der Waals surface area contributed by atoms with Crippen LogP contribution in [-0.4, -0.2) is 15.9 Å². The van der Waals surface area contributed by atoms with Gasteiger partial charge in [-0.1, -0.05) is 6.07 Å². The molecule has 19 heavy (non-hydrogen) atoms. The predicted molar refractivity (Wildman–Crippen MR) is 70.6 cm³/mol. The van der Waals surface area contributed by atoms with E-state index in [-0.39, 0.29) is 5.91 Å². The largest absolute Gasteiger partial charge is 0.397 e. The van der Waals surface area contributed by atoms with Gasteiger partial charge in [-0.05, 0) is 24.1 Å². The first-order valence-electron chi connectivity index (χ1n) is 6.19. The number of rotatable bonds is 0. The lowest BCUT2D eigenvalue weighted by Gasteiger charge is -2.19. The molecule has 1 aliphatic heterocycles. The SMILES string of the molecule is Nc1cnc2c(c1)CC1(C2)C(=O)Nc2ncccc21. The molecule has 1 amide bonds. The minimum absolute atomic E-state index is 0.0118. The van der Waals surface area contributed by atoms with Gasteiger partial charge in [0.15, 0.2) is 0 Å². The Morgan fingerprint density at radius 2 is 2.21 bits per heavy atom. The lowest BCUT2D eigenvalue weighted by atomic mass is 9.80. The second kappa shape index (κ2) is 3.32. The second-order valence-electron chi connectivity index (χ2n) is 5.16. The van der Waals surface area contributed by atoms with E-state index in [0.29, 0.717) is 24.3 Å². The summed E-state index contributed by atoms with van der Waals surface area (Å²) in [5.41, 5.74) is 8.85. The fourth-order valence-corrected chi connectivity index (χ4v) is 3.13. The first-order chi connectivity index (χ1) is 9.19. The first-order valence-corrected chi connectivity index (χ1v) is 6.19. The first kappa shape index (κ1) is 10.5. The standard InChI is InChI=1S/C14H12N4O/c15-9-4-8-5-14(6-11(8)17-7-9)10-2-1-3-16-12(10)18-13(14)19/h1-4,7H,5-6,15H2,(H,16,18,19). The number of nitrogens with one attached hydrogen (secondary N) is 1. The van der Waals surface area contributed by atoms with Crippen molar-refractivity contribution in [2.45, 2.75) is 18.3 Å². The number of amides is 1. The quantitative estimate of drug-likeness (QED) is 0.734. The zero-order valence-corrected chi connectivity index (χ0v) is 10.2. The highest BCUT2D eigenvalue weighted by molar-refractivity contribution is 6.06. The molecule has 5 heteroatoms. The maximum absolute atomic E-state index is 12.4. The van der Waals surface area contributed by atoms with Gasteiger partial charge in [0, 0.05) is 23.9 Å². The van der Waals surface area contributed by atoms with Crippen LogP contribution in [0.2, 0.25) is 0 Å². The van der Waals surface area contributed by atoms with Gasteiger partial charge in [-0.3, -0.25) is 9.78 Å². The van der Waals surface area contributed by atoms with E-state index < -0.39 is 5.41 Å². The molecule has 3 N–H and O–H groups in total. The lowest BCUT2D eigenvalue weighted by molar-refractivity contribution is -0.120. The van der Waals surface area contributed by atoms with E-state index in [1.54, 1.807) is 12.4 Å². The van der Waals surface area contributed by atoms with E-state index in [9.17, 15) is 4.79 Å². The van der Waals surface area contributed by atoms with E-state index in [1.807, 2.05) is 18.2 Å². The number of aromatic nitrogens is 2. The molecule has 1 unspecified atom stereocenters. The average molecular weight is 252 g/mol. The maximum Gasteiger partial charge on any atom is 0.237 e. The molecule has 0 bridgehead atoms. The normalized spacial score (nSPS) is 23.3. The van der Waals surface area contributed by atoms with E-state index in [4.69, 9.17) is 5.73 Å². The Hall–Kier alpha value is -2.43. The van der Waals surface area contributed by atoms with Gasteiger partial charge in [0.05, 0.1) is 17.3 Å². The molecule has 1 atom stereocenters. The van der Waals surface area contributed by atoms with Crippen molar-refractivity contribution in [3.8, 4) is 0 Å². The minimum atomic E-state index is -0.549. The number of nitrogens with two attached hydrogens (primary N) is 1. The fourth-order valence-electron chi connectivity index (χ4n) is 3.13. The summed E-state index contributed by atoms with van der Waals surface area (Å²) in [6.07, 6.45) is 4.60. The van der Waals surface area contributed by atoms with Crippen molar-refractivity contribution < 1.29 is 4.79 Å². The van der Waals surface area contributed by atoms with Crippen LogP contribution in [-0.2, 0) is 23.1 Å². The average Bonchev–Trinajstić information content (AvgIpc) is 2.90. The Morgan fingerprint density at radius 3 is 3.11 bits per heavy atom. The van der Waals surface area contributed by atoms with Gasteiger partial charge in [0.2, 0.25) is 5.91 Å². The minimum Gasteiger partial charge on any atom is -0.397 e. The molecule has 0 radical (unpaired) electrons. The summed E-state index contributed by atoms with van der Waals surface area (Å²) in [7, 11) is 0. The Labute approximate surface area is 109 Å². The Kier molecular flexibility index (Phi) is 1.83. The summed E-state index contributed by atoms with van der Waals surface area (Å²) in [6, 6.07) is 5.75. The highest BCUT2D eigenvalue weighted by atomic mass is 16.2. The van der Waals surface area contributed by atoms with Gasteiger partial charge < -0.3 is 11.1 Å². The van der Waals surface area contributed by atoms with E-state index >= 15 is 0 Å². The van der Waals surface area contributed by atoms with Crippen molar-refractivity contribution in [2.24, 2.45) is 0 Å². The molecule has 3 heterocycles. The number of hydrogen-bond acceptors (Lipinski definition) is 4. The maximum atomic E-state index is 12.4. The number of pyridine rings is 2. The molecule has 94 valence electrons. The third kappa shape index (κ3) is 1.27. The van der Waals surface area contributed by atoms with Gasteiger partial charge in [0.25, 0.3) is 0 Å². The number of nitrogens with zero attached hydrogens (tertiary/aromatic N) is 2. The summed E-state index contributed by atoms with van der Waals surface area (Å²) in [4.78, 5) is 21.0. The van der Waals surface area contributed by atoms with Crippen molar-refractivity contribution in [2.75, 3.05) is 11.1 Å². The van der Waals surface area contributed by atoms with Crippen molar-refractivity contribution in [3.63, 3.8) is 0 Å².